The van der Waals surface area contributed by atoms with E-state index in [0.29, 0.717) is 12.8 Å². The van der Waals surface area contributed by atoms with Gasteiger partial charge in [-0.15, -0.1) is 0 Å². The molecule has 1 fully saturated rings. The fourth-order valence-corrected chi connectivity index (χ4v) is 2.25. The summed E-state index contributed by atoms with van der Waals surface area (Å²) in [6.07, 6.45) is -2.00. The highest BCUT2D eigenvalue weighted by atomic mass is 19.4. The molecule has 0 spiro atoms. The predicted molar refractivity (Wildman–Crippen MR) is 55.9 cm³/mol. The summed E-state index contributed by atoms with van der Waals surface area (Å²) in [7, 11) is 0. The fraction of sp³-hybridized carbons (Fsp3) is 0.818. The van der Waals surface area contributed by atoms with Crippen LogP contribution in [0.15, 0.2) is 4.52 Å². The summed E-state index contributed by atoms with van der Waals surface area (Å²) >= 11 is 0. The number of aliphatic hydroxyl groups is 1. The van der Waals surface area contributed by atoms with E-state index < -0.39 is 18.7 Å². The second-order valence-electron chi connectivity index (χ2n) is 4.65. The molecule has 1 aromatic rings. The van der Waals surface area contributed by atoms with Crippen molar-refractivity contribution in [2.24, 2.45) is 0 Å². The maximum absolute atomic E-state index is 12.2. The van der Waals surface area contributed by atoms with Crippen LogP contribution in [0.3, 0.4) is 0 Å². The van der Waals surface area contributed by atoms with Crippen LogP contribution < -0.4 is 0 Å². The standard InChI is InChI=1S/C11H15F3N2O2/c12-11(13,14)6-9-15-10(18-16-9)7-4-2-1-3-5-8(7)17/h7-8,17H,1-6H2. The molecular weight excluding hydrogens is 249 g/mol. The highest BCUT2D eigenvalue weighted by Gasteiger charge is 2.33. The lowest BCUT2D eigenvalue weighted by Crippen LogP contribution is -2.17. The van der Waals surface area contributed by atoms with Crippen LogP contribution in [0.5, 0.6) is 0 Å². The van der Waals surface area contributed by atoms with E-state index >= 15 is 0 Å². The summed E-state index contributed by atoms with van der Waals surface area (Å²) in [5.41, 5.74) is 0. The van der Waals surface area contributed by atoms with Crippen molar-refractivity contribution in [3.8, 4) is 0 Å². The molecule has 1 aliphatic carbocycles. The average Bonchev–Trinajstić information content (AvgIpc) is 2.57. The molecular formula is C11H15F3N2O2. The summed E-state index contributed by atoms with van der Waals surface area (Å²) < 4.78 is 41.3. The first kappa shape index (κ1) is 13.3. The normalized spacial score (nSPS) is 26.0. The highest BCUT2D eigenvalue weighted by Crippen LogP contribution is 2.31. The van der Waals surface area contributed by atoms with E-state index in [2.05, 4.69) is 10.1 Å². The topological polar surface area (TPSA) is 59.2 Å². The Morgan fingerprint density at radius 2 is 1.94 bits per heavy atom. The first-order valence-electron chi connectivity index (χ1n) is 6.03. The van der Waals surface area contributed by atoms with Crippen LogP contribution >= 0.6 is 0 Å². The van der Waals surface area contributed by atoms with E-state index in [9.17, 15) is 18.3 Å². The minimum Gasteiger partial charge on any atom is -0.392 e. The zero-order valence-electron chi connectivity index (χ0n) is 9.78. The molecule has 0 aliphatic heterocycles. The second kappa shape index (κ2) is 5.26. The minimum absolute atomic E-state index is 0.128. The molecule has 0 radical (unpaired) electrons. The van der Waals surface area contributed by atoms with Crippen molar-refractivity contribution in [1.82, 2.24) is 10.1 Å². The Morgan fingerprint density at radius 3 is 2.67 bits per heavy atom. The highest BCUT2D eigenvalue weighted by molar-refractivity contribution is 4.99. The minimum atomic E-state index is -4.34. The number of hydrogen-bond donors (Lipinski definition) is 1. The Kier molecular flexibility index (Phi) is 3.89. The number of aromatic nitrogens is 2. The summed E-state index contributed by atoms with van der Waals surface area (Å²) in [5, 5.41) is 13.2. The van der Waals surface area contributed by atoms with E-state index in [0.717, 1.165) is 19.3 Å². The van der Waals surface area contributed by atoms with E-state index in [1.54, 1.807) is 0 Å². The van der Waals surface area contributed by atoms with Gasteiger partial charge in [-0.25, -0.2) is 0 Å². The van der Waals surface area contributed by atoms with Gasteiger partial charge < -0.3 is 9.63 Å². The number of alkyl halides is 3. The van der Waals surface area contributed by atoms with Crippen LogP contribution in [0.4, 0.5) is 13.2 Å². The molecule has 7 heteroatoms. The van der Waals surface area contributed by atoms with Crippen molar-refractivity contribution in [3.05, 3.63) is 11.7 Å². The van der Waals surface area contributed by atoms with E-state index in [1.807, 2.05) is 0 Å². The lowest BCUT2D eigenvalue weighted by Gasteiger charge is -2.15. The lowest BCUT2D eigenvalue weighted by atomic mass is 9.97. The van der Waals surface area contributed by atoms with Crippen molar-refractivity contribution < 1.29 is 22.8 Å². The molecule has 4 nitrogen and oxygen atoms in total. The van der Waals surface area contributed by atoms with E-state index in [1.165, 1.54) is 0 Å². The Bertz CT molecular complexity index is 392. The predicted octanol–water partition coefficient (Wildman–Crippen LogP) is 2.58. The van der Waals surface area contributed by atoms with Crippen molar-refractivity contribution in [3.63, 3.8) is 0 Å². The number of hydrogen-bond acceptors (Lipinski definition) is 4. The van der Waals surface area contributed by atoms with Crippen molar-refractivity contribution in [1.29, 1.82) is 0 Å². The third-order valence-electron chi connectivity index (χ3n) is 3.14. The van der Waals surface area contributed by atoms with E-state index in [4.69, 9.17) is 4.52 Å². The molecule has 18 heavy (non-hydrogen) atoms. The maximum atomic E-state index is 12.2. The van der Waals surface area contributed by atoms with Gasteiger partial charge in [-0.1, -0.05) is 24.4 Å². The SMILES string of the molecule is OC1CCCCCC1c1nc(CC(F)(F)F)no1. The van der Waals surface area contributed by atoms with Gasteiger partial charge in [-0.3, -0.25) is 0 Å². The van der Waals surface area contributed by atoms with Crippen molar-refractivity contribution in [2.45, 2.75) is 56.7 Å². The molecule has 102 valence electrons. The molecule has 0 saturated heterocycles. The summed E-state index contributed by atoms with van der Waals surface area (Å²) in [4.78, 5) is 3.75. The van der Waals surface area contributed by atoms with Gasteiger partial charge in [0.2, 0.25) is 5.89 Å². The van der Waals surface area contributed by atoms with Gasteiger partial charge in [0.1, 0.15) is 6.42 Å². The Morgan fingerprint density at radius 1 is 1.22 bits per heavy atom. The summed E-state index contributed by atoms with van der Waals surface area (Å²) in [6.45, 7) is 0. The maximum Gasteiger partial charge on any atom is 0.396 e. The van der Waals surface area contributed by atoms with Crippen LogP contribution in [0.25, 0.3) is 0 Å². The van der Waals surface area contributed by atoms with E-state index in [-0.39, 0.29) is 17.6 Å². The van der Waals surface area contributed by atoms with Crippen molar-refractivity contribution in [2.75, 3.05) is 0 Å². The van der Waals surface area contributed by atoms with Crippen LogP contribution in [-0.4, -0.2) is 27.5 Å². The number of rotatable bonds is 2. The van der Waals surface area contributed by atoms with Gasteiger partial charge in [-0.05, 0) is 12.8 Å². The number of aliphatic hydroxyl groups excluding tert-OH is 1. The second-order valence-corrected chi connectivity index (χ2v) is 4.65. The van der Waals surface area contributed by atoms with Gasteiger partial charge in [0.15, 0.2) is 5.82 Å². The Balaban J connectivity index is 2.08. The van der Waals surface area contributed by atoms with Crippen LogP contribution in [0.1, 0.15) is 49.7 Å². The summed E-state index contributed by atoms with van der Waals surface area (Å²) in [6, 6.07) is 0. The third-order valence-corrected chi connectivity index (χ3v) is 3.14. The van der Waals surface area contributed by atoms with Gasteiger partial charge in [0.25, 0.3) is 0 Å². The molecule has 2 atom stereocenters. The molecule has 2 unspecified atom stereocenters. The Hall–Kier alpha value is -1.11. The zero-order chi connectivity index (χ0) is 13.2. The first-order chi connectivity index (χ1) is 8.46. The average molecular weight is 264 g/mol. The van der Waals surface area contributed by atoms with Crippen LogP contribution in [-0.2, 0) is 6.42 Å². The lowest BCUT2D eigenvalue weighted by molar-refractivity contribution is -0.128. The van der Waals surface area contributed by atoms with Gasteiger partial charge in [0.05, 0.1) is 12.0 Å². The molecule has 0 aromatic carbocycles. The molecule has 1 aliphatic rings. The smallest absolute Gasteiger partial charge is 0.392 e. The quantitative estimate of drug-likeness (QED) is 0.834. The first-order valence-corrected chi connectivity index (χ1v) is 6.03. The molecule has 1 N–H and O–H groups in total. The van der Waals surface area contributed by atoms with Crippen LogP contribution in [0.2, 0.25) is 0 Å². The zero-order valence-corrected chi connectivity index (χ0v) is 9.78. The Labute approximate surface area is 102 Å². The number of halogens is 3. The van der Waals surface area contributed by atoms with Gasteiger partial charge in [-0.2, -0.15) is 18.2 Å². The number of nitrogens with zero attached hydrogens (tertiary/aromatic N) is 2. The molecule has 0 amide bonds. The fourth-order valence-electron chi connectivity index (χ4n) is 2.25. The molecule has 2 rings (SSSR count). The largest absolute Gasteiger partial charge is 0.396 e. The molecule has 1 aromatic heterocycles. The third kappa shape index (κ3) is 3.44. The molecule has 0 bridgehead atoms. The monoisotopic (exact) mass is 264 g/mol. The van der Waals surface area contributed by atoms with Crippen molar-refractivity contribution >= 4 is 0 Å². The van der Waals surface area contributed by atoms with Gasteiger partial charge in [0, 0.05) is 0 Å². The molecule has 1 heterocycles. The van der Waals surface area contributed by atoms with Gasteiger partial charge >= 0.3 is 6.18 Å². The van der Waals surface area contributed by atoms with Crippen LogP contribution in [0, 0.1) is 0 Å². The summed E-state index contributed by atoms with van der Waals surface area (Å²) in [5.74, 6) is -0.570. The molecule has 1 saturated carbocycles.